The highest BCUT2D eigenvalue weighted by molar-refractivity contribution is 7.90. The highest BCUT2D eigenvalue weighted by Crippen LogP contribution is 2.27. The zero-order valence-electron chi connectivity index (χ0n) is 14.2. The van der Waals surface area contributed by atoms with Crippen LogP contribution in [0.25, 0.3) is 0 Å². The van der Waals surface area contributed by atoms with Crippen molar-refractivity contribution < 1.29 is 12.9 Å². The van der Waals surface area contributed by atoms with Crippen molar-refractivity contribution in [1.82, 2.24) is 20.4 Å². The van der Waals surface area contributed by atoms with Crippen molar-refractivity contribution in [1.29, 1.82) is 0 Å². The molecule has 2 aromatic heterocycles. The molecule has 1 atom stereocenters. The fourth-order valence-electron chi connectivity index (χ4n) is 2.80. The van der Waals surface area contributed by atoms with Gasteiger partial charge in [-0.2, -0.15) is 0 Å². The molecule has 10 heteroatoms. The zero-order chi connectivity index (χ0) is 17.2. The third kappa shape index (κ3) is 4.90. The average molecular weight is 388 g/mol. The molecule has 0 aromatic carbocycles. The van der Waals surface area contributed by atoms with Gasteiger partial charge in [-0.3, -0.25) is 0 Å². The van der Waals surface area contributed by atoms with E-state index in [-0.39, 0.29) is 23.2 Å². The Balaban J connectivity index is 0.00000225. The fourth-order valence-corrected chi connectivity index (χ4v) is 3.64. The molecule has 1 aliphatic heterocycles. The van der Waals surface area contributed by atoms with E-state index in [1.54, 1.807) is 0 Å². The molecular weight excluding hydrogens is 366 g/mol. The molecule has 2 N–H and O–H groups in total. The second-order valence-electron chi connectivity index (χ2n) is 6.04. The molecule has 138 valence electrons. The molecule has 0 bridgehead atoms. The minimum atomic E-state index is -3.37. The summed E-state index contributed by atoms with van der Waals surface area (Å²) in [6, 6.07) is 1.82. The number of rotatable bonds is 5. The van der Waals surface area contributed by atoms with Crippen LogP contribution in [-0.2, 0) is 16.4 Å². The predicted molar refractivity (Wildman–Crippen MR) is 95.8 cm³/mol. The summed E-state index contributed by atoms with van der Waals surface area (Å²) >= 11 is 0. The normalized spacial score (nSPS) is 17.8. The van der Waals surface area contributed by atoms with Crippen LogP contribution in [-0.4, -0.2) is 42.9 Å². The Morgan fingerprint density at radius 1 is 1.44 bits per heavy atom. The Morgan fingerprint density at radius 2 is 2.24 bits per heavy atom. The molecular formula is C15H22ClN5O3S. The molecule has 0 amide bonds. The van der Waals surface area contributed by atoms with E-state index in [1.165, 1.54) is 12.5 Å². The summed E-state index contributed by atoms with van der Waals surface area (Å²) < 4.78 is 29.1. The number of hydrogen-bond donors (Lipinski definition) is 2. The van der Waals surface area contributed by atoms with Crippen LogP contribution in [0.1, 0.15) is 35.9 Å². The summed E-state index contributed by atoms with van der Waals surface area (Å²) in [6.07, 6.45) is 4.49. The number of halogens is 1. The summed E-state index contributed by atoms with van der Waals surface area (Å²) in [4.78, 5) is 8.83. The SMILES string of the molecule is Cc1cc(CNc2ncc(S(C)(=O)=O)c(C3CCCNC3)n2)no1.Cl. The molecule has 1 aliphatic rings. The fraction of sp³-hybridized carbons (Fsp3) is 0.533. The standard InChI is InChI=1S/C15H21N5O3S.ClH/c1-10-6-12(20-23-10)8-17-15-18-9-13(24(2,21)22)14(19-15)11-4-3-5-16-7-11;/h6,9,11,16H,3-5,7-8H2,1-2H3,(H,17,18,19);1H. The third-order valence-corrected chi connectivity index (χ3v) is 5.08. The smallest absolute Gasteiger partial charge is 0.223 e. The van der Waals surface area contributed by atoms with E-state index in [0.717, 1.165) is 37.4 Å². The summed E-state index contributed by atoms with van der Waals surface area (Å²) in [5.74, 6) is 1.19. The number of aromatic nitrogens is 3. The summed E-state index contributed by atoms with van der Waals surface area (Å²) in [5.41, 5.74) is 1.32. The molecule has 0 spiro atoms. The predicted octanol–water partition coefficient (Wildman–Crippen LogP) is 1.68. The van der Waals surface area contributed by atoms with Crippen molar-refractivity contribution in [3.05, 3.63) is 29.4 Å². The van der Waals surface area contributed by atoms with Crippen LogP contribution in [0.5, 0.6) is 0 Å². The Kier molecular flexibility index (Phi) is 6.36. The molecule has 0 radical (unpaired) electrons. The number of hydrogen-bond acceptors (Lipinski definition) is 8. The van der Waals surface area contributed by atoms with E-state index >= 15 is 0 Å². The maximum Gasteiger partial charge on any atom is 0.223 e. The topological polar surface area (TPSA) is 110 Å². The van der Waals surface area contributed by atoms with Gasteiger partial charge in [0.05, 0.1) is 18.4 Å². The van der Waals surface area contributed by atoms with Gasteiger partial charge < -0.3 is 15.2 Å². The first-order valence-corrected chi connectivity index (χ1v) is 9.76. The van der Waals surface area contributed by atoms with Gasteiger partial charge in [0.1, 0.15) is 16.3 Å². The van der Waals surface area contributed by atoms with Crippen molar-refractivity contribution in [2.45, 2.75) is 37.1 Å². The molecule has 3 rings (SSSR count). The van der Waals surface area contributed by atoms with Gasteiger partial charge in [0.25, 0.3) is 0 Å². The van der Waals surface area contributed by atoms with Gasteiger partial charge >= 0.3 is 0 Å². The summed E-state index contributed by atoms with van der Waals surface area (Å²) in [7, 11) is -3.37. The van der Waals surface area contributed by atoms with Crippen LogP contribution in [0.3, 0.4) is 0 Å². The summed E-state index contributed by atoms with van der Waals surface area (Å²) in [6.45, 7) is 3.91. The Hall–Kier alpha value is -1.71. The number of piperidine rings is 1. The second kappa shape index (κ2) is 8.11. The van der Waals surface area contributed by atoms with E-state index in [4.69, 9.17) is 4.52 Å². The largest absolute Gasteiger partial charge is 0.361 e. The van der Waals surface area contributed by atoms with Crippen LogP contribution in [0.4, 0.5) is 5.95 Å². The van der Waals surface area contributed by atoms with Crippen molar-refractivity contribution >= 4 is 28.2 Å². The third-order valence-electron chi connectivity index (χ3n) is 3.97. The first-order valence-electron chi connectivity index (χ1n) is 7.87. The number of nitrogens with one attached hydrogen (secondary N) is 2. The number of nitrogens with zero attached hydrogens (tertiary/aromatic N) is 3. The van der Waals surface area contributed by atoms with Gasteiger partial charge in [0.15, 0.2) is 9.84 Å². The molecule has 3 heterocycles. The number of aryl methyl sites for hydroxylation is 1. The van der Waals surface area contributed by atoms with Crippen LogP contribution < -0.4 is 10.6 Å². The van der Waals surface area contributed by atoms with Crippen LogP contribution in [0.15, 0.2) is 21.7 Å². The van der Waals surface area contributed by atoms with Gasteiger partial charge in [0, 0.05) is 24.8 Å². The first-order chi connectivity index (χ1) is 11.4. The lowest BCUT2D eigenvalue weighted by molar-refractivity contribution is 0.391. The molecule has 1 saturated heterocycles. The van der Waals surface area contributed by atoms with Gasteiger partial charge in [-0.15, -0.1) is 12.4 Å². The molecule has 1 fully saturated rings. The van der Waals surface area contributed by atoms with Gasteiger partial charge in [-0.1, -0.05) is 5.16 Å². The minimum Gasteiger partial charge on any atom is -0.361 e. The maximum absolute atomic E-state index is 12.0. The van der Waals surface area contributed by atoms with E-state index in [9.17, 15) is 8.42 Å². The van der Waals surface area contributed by atoms with Crippen LogP contribution in [0, 0.1) is 6.92 Å². The Morgan fingerprint density at radius 3 is 2.84 bits per heavy atom. The van der Waals surface area contributed by atoms with Crippen molar-refractivity contribution in [2.75, 3.05) is 24.7 Å². The monoisotopic (exact) mass is 387 g/mol. The quantitative estimate of drug-likeness (QED) is 0.797. The molecule has 25 heavy (non-hydrogen) atoms. The lowest BCUT2D eigenvalue weighted by Gasteiger charge is -2.24. The van der Waals surface area contributed by atoms with Gasteiger partial charge in [0.2, 0.25) is 5.95 Å². The lowest BCUT2D eigenvalue weighted by atomic mass is 9.96. The van der Waals surface area contributed by atoms with Crippen LogP contribution in [0.2, 0.25) is 0 Å². The minimum absolute atomic E-state index is 0. The van der Waals surface area contributed by atoms with Crippen molar-refractivity contribution in [3.8, 4) is 0 Å². The van der Waals surface area contributed by atoms with Gasteiger partial charge in [-0.05, 0) is 26.3 Å². The lowest BCUT2D eigenvalue weighted by Crippen LogP contribution is -2.30. The van der Waals surface area contributed by atoms with E-state index in [2.05, 4.69) is 25.8 Å². The molecule has 1 unspecified atom stereocenters. The zero-order valence-corrected chi connectivity index (χ0v) is 15.8. The number of anilines is 1. The number of sulfone groups is 1. The molecule has 2 aromatic rings. The van der Waals surface area contributed by atoms with E-state index < -0.39 is 9.84 Å². The molecule has 8 nitrogen and oxygen atoms in total. The summed E-state index contributed by atoms with van der Waals surface area (Å²) in [5, 5.41) is 10.3. The molecule has 0 aliphatic carbocycles. The first kappa shape index (κ1) is 19.6. The average Bonchev–Trinajstić information content (AvgIpc) is 2.98. The Labute approximate surface area is 153 Å². The second-order valence-corrected chi connectivity index (χ2v) is 8.03. The van der Waals surface area contributed by atoms with Crippen molar-refractivity contribution in [2.24, 2.45) is 0 Å². The van der Waals surface area contributed by atoms with E-state index in [0.29, 0.717) is 18.2 Å². The highest BCUT2D eigenvalue weighted by Gasteiger charge is 2.25. The van der Waals surface area contributed by atoms with Crippen LogP contribution >= 0.6 is 12.4 Å². The van der Waals surface area contributed by atoms with E-state index in [1.807, 2.05) is 13.0 Å². The van der Waals surface area contributed by atoms with Crippen molar-refractivity contribution in [3.63, 3.8) is 0 Å². The molecule has 0 saturated carbocycles. The van der Waals surface area contributed by atoms with Gasteiger partial charge in [-0.25, -0.2) is 18.4 Å². The highest BCUT2D eigenvalue weighted by atomic mass is 35.5. The Bertz CT molecular complexity index is 818. The maximum atomic E-state index is 12.0.